The standard InChI is InChI=1S/C10H16N6O3/c1-2-19-7-3-6(4-7)13-9-8(16(17)18)5-12-10(14-9)15-11/h5-7H,2-4,11H2,1H3,(H2,12,13,14,15). The minimum atomic E-state index is -0.526. The smallest absolute Gasteiger partial charge is 0.329 e. The summed E-state index contributed by atoms with van der Waals surface area (Å²) in [5, 5.41) is 13.9. The van der Waals surface area contributed by atoms with Crippen LogP contribution in [0.1, 0.15) is 19.8 Å². The van der Waals surface area contributed by atoms with Gasteiger partial charge in [0.25, 0.3) is 0 Å². The zero-order valence-corrected chi connectivity index (χ0v) is 10.5. The van der Waals surface area contributed by atoms with Crippen LogP contribution in [0.5, 0.6) is 0 Å². The van der Waals surface area contributed by atoms with Crippen LogP contribution in [0.3, 0.4) is 0 Å². The van der Waals surface area contributed by atoms with E-state index < -0.39 is 4.92 Å². The van der Waals surface area contributed by atoms with Gasteiger partial charge in [-0.05, 0) is 19.8 Å². The molecule has 0 radical (unpaired) electrons. The molecule has 1 saturated carbocycles. The van der Waals surface area contributed by atoms with E-state index >= 15 is 0 Å². The van der Waals surface area contributed by atoms with Crippen molar-refractivity contribution in [3.05, 3.63) is 16.3 Å². The topological polar surface area (TPSA) is 128 Å². The number of nitro groups is 1. The van der Waals surface area contributed by atoms with Crippen LogP contribution in [-0.2, 0) is 4.74 Å². The highest BCUT2D eigenvalue weighted by Gasteiger charge is 2.31. The molecule has 9 heteroatoms. The average Bonchev–Trinajstić information content (AvgIpc) is 2.35. The normalized spacial score (nSPS) is 21.6. The summed E-state index contributed by atoms with van der Waals surface area (Å²) in [6.45, 7) is 2.61. The van der Waals surface area contributed by atoms with E-state index in [0.717, 1.165) is 19.0 Å². The molecule has 1 heterocycles. The molecule has 0 saturated heterocycles. The summed E-state index contributed by atoms with van der Waals surface area (Å²) in [6, 6.07) is 0.121. The number of nitrogens with two attached hydrogens (primary N) is 1. The Hall–Kier alpha value is -2.00. The van der Waals surface area contributed by atoms with Gasteiger partial charge < -0.3 is 10.1 Å². The molecule has 0 aromatic carbocycles. The summed E-state index contributed by atoms with van der Waals surface area (Å²) in [6.07, 6.45) is 2.96. The number of nitrogens with one attached hydrogen (secondary N) is 2. The molecule has 1 aliphatic carbocycles. The molecule has 19 heavy (non-hydrogen) atoms. The predicted molar refractivity (Wildman–Crippen MR) is 68.6 cm³/mol. The molecular weight excluding hydrogens is 252 g/mol. The largest absolute Gasteiger partial charge is 0.378 e. The van der Waals surface area contributed by atoms with E-state index in [2.05, 4.69) is 20.7 Å². The Balaban J connectivity index is 2.04. The molecule has 0 atom stereocenters. The van der Waals surface area contributed by atoms with Gasteiger partial charge in [0.05, 0.1) is 11.0 Å². The van der Waals surface area contributed by atoms with Crippen molar-refractivity contribution < 1.29 is 9.66 Å². The molecule has 0 amide bonds. The molecule has 4 N–H and O–H groups in total. The van der Waals surface area contributed by atoms with E-state index in [-0.39, 0.29) is 29.6 Å². The fraction of sp³-hybridized carbons (Fsp3) is 0.600. The van der Waals surface area contributed by atoms with Gasteiger partial charge >= 0.3 is 5.69 Å². The number of rotatable bonds is 6. The molecule has 1 aromatic heterocycles. The van der Waals surface area contributed by atoms with Gasteiger partial charge in [-0.3, -0.25) is 15.5 Å². The third-order valence-corrected chi connectivity index (χ3v) is 2.93. The monoisotopic (exact) mass is 268 g/mol. The maximum atomic E-state index is 10.9. The second kappa shape index (κ2) is 5.76. The van der Waals surface area contributed by atoms with E-state index in [1.807, 2.05) is 6.92 Å². The van der Waals surface area contributed by atoms with Gasteiger partial charge in [-0.1, -0.05) is 0 Å². The fourth-order valence-corrected chi connectivity index (χ4v) is 1.93. The van der Waals surface area contributed by atoms with Crippen molar-refractivity contribution >= 4 is 17.5 Å². The lowest BCUT2D eigenvalue weighted by Gasteiger charge is -2.35. The minimum absolute atomic E-state index is 0.121. The van der Waals surface area contributed by atoms with E-state index in [9.17, 15) is 10.1 Å². The van der Waals surface area contributed by atoms with Crippen LogP contribution >= 0.6 is 0 Å². The highest BCUT2D eigenvalue weighted by molar-refractivity contribution is 5.57. The van der Waals surface area contributed by atoms with Gasteiger partial charge in [0.2, 0.25) is 11.8 Å². The number of hydrogen-bond acceptors (Lipinski definition) is 8. The molecule has 0 spiro atoms. The Morgan fingerprint density at radius 3 is 2.95 bits per heavy atom. The summed E-state index contributed by atoms with van der Waals surface area (Å²) >= 11 is 0. The lowest BCUT2D eigenvalue weighted by molar-refractivity contribution is -0.384. The first-order chi connectivity index (χ1) is 9.13. The van der Waals surface area contributed by atoms with Crippen LogP contribution in [-0.4, -0.2) is 33.6 Å². The number of nitrogens with zero attached hydrogens (tertiary/aromatic N) is 3. The van der Waals surface area contributed by atoms with E-state index in [1.165, 1.54) is 0 Å². The van der Waals surface area contributed by atoms with Crippen molar-refractivity contribution in [2.24, 2.45) is 5.84 Å². The summed E-state index contributed by atoms with van der Waals surface area (Å²) in [4.78, 5) is 18.0. The molecule has 9 nitrogen and oxygen atoms in total. The molecule has 0 aliphatic heterocycles. The lowest BCUT2D eigenvalue weighted by Crippen LogP contribution is -2.41. The first kappa shape index (κ1) is 13.4. The Morgan fingerprint density at radius 2 is 2.37 bits per heavy atom. The van der Waals surface area contributed by atoms with Gasteiger partial charge in [-0.2, -0.15) is 4.98 Å². The Morgan fingerprint density at radius 1 is 1.63 bits per heavy atom. The van der Waals surface area contributed by atoms with Crippen LogP contribution in [0.4, 0.5) is 17.5 Å². The Labute approximate surface area is 109 Å². The quantitative estimate of drug-likeness (QED) is 0.389. The minimum Gasteiger partial charge on any atom is -0.378 e. The Bertz CT molecular complexity index is 463. The van der Waals surface area contributed by atoms with Crippen molar-refractivity contribution in [2.75, 3.05) is 17.3 Å². The highest BCUT2D eigenvalue weighted by atomic mass is 16.6. The molecule has 1 aromatic rings. The number of nitrogen functional groups attached to an aromatic ring is 1. The van der Waals surface area contributed by atoms with Crippen LogP contribution in [0.25, 0.3) is 0 Å². The zero-order chi connectivity index (χ0) is 13.8. The summed E-state index contributed by atoms with van der Waals surface area (Å²) in [5.41, 5.74) is 2.09. The first-order valence-electron chi connectivity index (χ1n) is 6.00. The fourth-order valence-electron chi connectivity index (χ4n) is 1.93. The first-order valence-corrected chi connectivity index (χ1v) is 6.00. The van der Waals surface area contributed by atoms with Crippen molar-refractivity contribution in [1.82, 2.24) is 9.97 Å². The molecule has 104 valence electrons. The van der Waals surface area contributed by atoms with E-state index in [4.69, 9.17) is 10.6 Å². The van der Waals surface area contributed by atoms with Crippen LogP contribution < -0.4 is 16.6 Å². The van der Waals surface area contributed by atoms with Gasteiger partial charge in [0.15, 0.2) is 0 Å². The molecule has 0 unspecified atom stereocenters. The zero-order valence-electron chi connectivity index (χ0n) is 10.5. The Kier molecular flexibility index (Phi) is 4.07. The number of hydrazine groups is 1. The van der Waals surface area contributed by atoms with Crippen LogP contribution in [0.15, 0.2) is 6.20 Å². The molecule has 1 aliphatic rings. The van der Waals surface area contributed by atoms with Gasteiger partial charge in [-0.15, -0.1) is 0 Å². The number of hydrogen-bond donors (Lipinski definition) is 3. The van der Waals surface area contributed by atoms with Crippen molar-refractivity contribution in [1.29, 1.82) is 0 Å². The summed E-state index contributed by atoms with van der Waals surface area (Å²) in [5.74, 6) is 5.50. The molecule has 0 bridgehead atoms. The highest BCUT2D eigenvalue weighted by Crippen LogP contribution is 2.30. The summed E-state index contributed by atoms with van der Waals surface area (Å²) < 4.78 is 5.43. The molecule has 2 rings (SSSR count). The van der Waals surface area contributed by atoms with E-state index in [1.54, 1.807) is 0 Å². The van der Waals surface area contributed by atoms with E-state index in [0.29, 0.717) is 6.61 Å². The lowest BCUT2D eigenvalue weighted by atomic mass is 9.89. The third kappa shape index (κ3) is 3.06. The van der Waals surface area contributed by atoms with Gasteiger partial charge in [0, 0.05) is 12.6 Å². The number of aromatic nitrogens is 2. The van der Waals surface area contributed by atoms with Crippen molar-refractivity contribution in [2.45, 2.75) is 31.9 Å². The van der Waals surface area contributed by atoms with Gasteiger partial charge in [0.1, 0.15) is 6.20 Å². The van der Waals surface area contributed by atoms with Crippen molar-refractivity contribution in [3.8, 4) is 0 Å². The maximum absolute atomic E-state index is 10.9. The second-order valence-electron chi connectivity index (χ2n) is 4.22. The molecular formula is C10H16N6O3. The maximum Gasteiger partial charge on any atom is 0.329 e. The van der Waals surface area contributed by atoms with Crippen LogP contribution in [0, 0.1) is 10.1 Å². The summed E-state index contributed by atoms with van der Waals surface area (Å²) in [7, 11) is 0. The van der Waals surface area contributed by atoms with Gasteiger partial charge in [-0.25, -0.2) is 10.8 Å². The number of ether oxygens (including phenoxy) is 1. The molecule has 1 fully saturated rings. The van der Waals surface area contributed by atoms with Crippen LogP contribution in [0.2, 0.25) is 0 Å². The SMILES string of the molecule is CCOC1CC(Nc2nc(NN)ncc2[N+](=O)[O-])C1. The predicted octanol–water partition coefficient (Wildman–Crippen LogP) is 0.650. The average molecular weight is 268 g/mol. The third-order valence-electron chi connectivity index (χ3n) is 2.93. The van der Waals surface area contributed by atoms with Crippen molar-refractivity contribution in [3.63, 3.8) is 0 Å². The second-order valence-corrected chi connectivity index (χ2v) is 4.22. The number of anilines is 2.